The van der Waals surface area contributed by atoms with Gasteiger partial charge in [0.1, 0.15) is 0 Å². The molecular formula is C16H33N3O2. The number of hydrogen-bond donors (Lipinski definition) is 2. The van der Waals surface area contributed by atoms with Gasteiger partial charge in [-0.15, -0.1) is 0 Å². The van der Waals surface area contributed by atoms with E-state index in [9.17, 15) is 4.79 Å². The zero-order chi connectivity index (χ0) is 15.7. The van der Waals surface area contributed by atoms with Gasteiger partial charge in [-0.05, 0) is 39.2 Å². The van der Waals surface area contributed by atoms with Crippen LogP contribution in [0.1, 0.15) is 46.5 Å². The standard InChI is InChI=1S/C16H33N3O2/c1-4-14(7-8-17)5-6-15(20)18-13-16(2,3)19-9-11-21-12-10-19/h14H,4-13,17H2,1-3H3,(H,18,20). The summed E-state index contributed by atoms with van der Waals surface area (Å²) in [6.07, 6.45) is 3.67. The van der Waals surface area contributed by atoms with Crippen LogP contribution < -0.4 is 11.1 Å². The number of hydrogen-bond acceptors (Lipinski definition) is 4. The molecule has 5 heteroatoms. The van der Waals surface area contributed by atoms with Gasteiger partial charge in [-0.25, -0.2) is 0 Å². The quantitative estimate of drug-likeness (QED) is 0.675. The van der Waals surface area contributed by atoms with Crippen molar-refractivity contribution in [2.75, 3.05) is 39.4 Å². The fourth-order valence-electron chi connectivity index (χ4n) is 2.81. The Hall–Kier alpha value is -0.650. The first-order valence-corrected chi connectivity index (χ1v) is 8.29. The van der Waals surface area contributed by atoms with Crippen LogP contribution in [0.25, 0.3) is 0 Å². The highest BCUT2D eigenvalue weighted by Gasteiger charge is 2.28. The van der Waals surface area contributed by atoms with E-state index < -0.39 is 0 Å². The second-order valence-electron chi connectivity index (χ2n) is 6.58. The first-order valence-electron chi connectivity index (χ1n) is 8.29. The van der Waals surface area contributed by atoms with Crippen molar-refractivity contribution in [2.24, 2.45) is 11.7 Å². The summed E-state index contributed by atoms with van der Waals surface area (Å²) in [5.74, 6) is 0.736. The molecule has 0 spiro atoms. The van der Waals surface area contributed by atoms with E-state index in [1.807, 2.05) is 0 Å². The number of ether oxygens (including phenoxy) is 1. The van der Waals surface area contributed by atoms with Crippen LogP contribution in [0.2, 0.25) is 0 Å². The molecule has 0 aromatic heterocycles. The Bertz CT molecular complexity index is 302. The topological polar surface area (TPSA) is 67.6 Å². The molecule has 1 atom stereocenters. The number of carbonyl (C=O) groups is 1. The molecule has 3 N–H and O–H groups in total. The summed E-state index contributed by atoms with van der Waals surface area (Å²) < 4.78 is 5.38. The summed E-state index contributed by atoms with van der Waals surface area (Å²) in [5, 5.41) is 3.09. The maximum Gasteiger partial charge on any atom is 0.220 e. The Labute approximate surface area is 129 Å². The van der Waals surface area contributed by atoms with Crippen LogP contribution in [0.4, 0.5) is 0 Å². The third kappa shape index (κ3) is 6.76. The molecule has 0 aromatic rings. The van der Waals surface area contributed by atoms with Crippen LogP contribution in [-0.4, -0.2) is 55.7 Å². The Morgan fingerprint density at radius 3 is 2.57 bits per heavy atom. The van der Waals surface area contributed by atoms with Crippen molar-refractivity contribution in [3.05, 3.63) is 0 Å². The highest BCUT2D eigenvalue weighted by molar-refractivity contribution is 5.75. The smallest absolute Gasteiger partial charge is 0.220 e. The lowest BCUT2D eigenvalue weighted by molar-refractivity contribution is -0.122. The minimum atomic E-state index is -0.0130. The molecule has 0 saturated carbocycles. The molecule has 1 aliphatic heterocycles. The summed E-state index contributed by atoms with van der Waals surface area (Å²) >= 11 is 0. The lowest BCUT2D eigenvalue weighted by Crippen LogP contribution is -2.55. The molecule has 0 radical (unpaired) electrons. The van der Waals surface area contributed by atoms with Gasteiger partial charge in [0.2, 0.25) is 5.91 Å². The van der Waals surface area contributed by atoms with Crippen molar-refractivity contribution < 1.29 is 9.53 Å². The number of nitrogens with one attached hydrogen (secondary N) is 1. The molecule has 21 heavy (non-hydrogen) atoms. The molecule has 1 unspecified atom stereocenters. The van der Waals surface area contributed by atoms with E-state index >= 15 is 0 Å². The van der Waals surface area contributed by atoms with E-state index in [-0.39, 0.29) is 11.4 Å². The Balaban J connectivity index is 2.27. The first-order chi connectivity index (χ1) is 9.99. The van der Waals surface area contributed by atoms with Crippen LogP contribution in [0.5, 0.6) is 0 Å². The lowest BCUT2D eigenvalue weighted by atomic mass is 9.96. The average Bonchev–Trinajstić information content (AvgIpc) is 2.50. The van der Waals surface area contributed by atoms with Gasteiger partial charge in [0.25, 0.3) is 0 Å². The molecule has 0 aromatic carbocycles. The number of nitrogens with zero attached hydrogens (tertiary/aromatic N) is 1. The summed E-state index contributed by atoms with van der Waals surface area (Å²) in [7, 11) is 0. The largest absolute Gasteiger partial charge is 0.379 e. The maximum absolute atomic E-state index is 12.0. The van der Waals surface area contributed by atoms with Crippen LogP contribution in [0.15, 0.2) is 0 Å². The number of carbonyl (C=O) groups excluding carboxylic acids is 1. The van der Waals surface area contributed by atoms with Gasteiger partial charge in [0.05, 0.1) is 13.2 Å². The highest BCUT2D eigenvalue weighted by Crippen LogP contribution is 2.16. The minimum absolute atomic E-state index is 0.0130. The van der Waals surface area contributed by atoms with Gasteiger partial charge in [-0.2, -0.15) is 0 Å². The van der Waals surface area contributed by atoms with Crippen molar-refractivity contribution in [2.45, 2.75) is 52.0 Å². The molecule has 1 saturated heterocycles. The van der Waals surface area contributed by atoms with Gasteiger partial charge in [-0.3, -0.25) is 9.69 Å². The normalized spacial score (nSPS) is 18.5. The molecule has 0 bridgehead atoms. The van der Waals surface area contributed by atoms with Crippen LogP contribution in [0, 0.1) is 5.92 Å². The molecule has 124 valence electrons. The van der Waals surface area contributed by atoms with Crippen LogP contribution in [-0.2, 0) is 9.53 Å². The van der Waals surface area contributed by atoms with Crippen molar-refractivity contribution in [3.63, 3.8) is 0 Å². The monoisotopic (exact) mass is 299 g/mol. The van der Waals surface area contributed by atoms with E-state index in [4.69, 9.17) is 10.5 Å². The third-order valence-corrected chi connectivity index (χ3v) is 4.52. The Morgan fingerprint density at radius 2 is 2.00 bits per heavy atom. The summed E-state index contributed by atoms with van der Waals surface area (Å²) in [5.41, 5.74) is 5.58. The first kappa shape index (κ1) is 18.4. The average molecular weight is 299 g/mol. The fourth-order valence-corrected chi connectivity index (χ4v) is 2.81. The number of morpholine rings is 1. The molecule has 1 rings (SSSR count). The van der Waals surface area contributed by atoms with E-state index in [1.165, 1.54) is 0 Å². The molecule has 1 heterocycles. The Morgan fingerprint density at radius 1 is 1.33 bits per heavy atom. The summed E-state index contributed by atoms with van der Waals surface area (Å²) in [6.45, 7) is 11.4. The Kier molecular flexibility index (Phi) is 8.22. The summed E-state index contributed by atoms with van der Waals surface area (Å²) in [6, 6.07) is 0. The van der Waals surface area contributed by atoms with Crippen molar-refractivity contribution in [1.82, 2.24) is 10.2 Å². The predicted octanol–water partition coefficient (Wildman–Crippen LogP) is 1.37. The van der Waals surface area contributed by atoms with Gasteiger partial charge in [0, 0.05) is 31.6 Å². The molecular weight excluding hydrogens is 266 g/mol. The van der Waals surface area contributed by atoms with Gasteiger partial charge in [0.15, 0.2) is 0 Å². The van der Waals surface area contributed by atoms with Crippen molar-refractivity contribution in [1.29, 1.82) is 0 Å². The van der Waals surface area contributed by atoms with E-state index in [2.05, 4.69) is 31.0 Å². The van der Waals surface area contributed by atoms with Crippen LogP contribution in [0.3, 0.4) is 0 Å². The lowest BCUT2D eigenvalue weighted by Gasteiger charge is -2.40. The zero-order valence-corrected chi connectivity index (χ0v) is 14.0. The summed E-state index contributed by atoms with van der Waals surface area (Å²) in [4.78, 5) is 14.4. The van der Waals surface area contributed by atoms with E-state index in [1.54, 1.807) is 0 Å². The highest BCUT2D eigenvalue weighted by atomic mass is 16.5. The molecule has 5 nitrogen and oxygen atoms in total. The molecule has 1 aliphatic rings. The number of rotatable bonds is 9. The van der Waals surface area contributed by atoms with Gasteiger partial charge >= 0.3 is 0 Å². The molecule has 1 fully saturated rings. The third-order valence-electron chi connectivity index (χ3n) is 4.52. The zero-order valence-electron chi connectivity index (χ0n) is 14.0. The minimum Gasteiger partial charge on any atom is -0.379 e. The van der Waals surface area contributed by atoms with Crippen molar-refractivity contribution >= 4 is 5.91 Å². The molecule has 1 amide bonds. The van der Waals surface area contributed by atoms with E-state index in [0.29, 0.717) is 25.4 Å². The SMILES string of the molecule is CCC(CCN)CCC(=O)NCC(C)(C)N1CCOCC1. The number of nitrogens with two attached hydrogens (primary N) is 1. The second kappa shape index (κ2) is 9.38. The number of amides is 1. The predicted molar refractivity (Wildman–Crippen MR) is 86.2 cm³/mol. The maximum atomic E-state index is 12.0. The second-order valence-corrected chi connectivity index (χ2v) is 6.58. The van der Waals surface area contributed by atoms with Gasteiger partial charge < -0.3 is 15.8 Å². The van der Waals surface area contributed by atoms with Gasteiger partial charge in [-0.1, -0.05) is 13.3 Å². The fraction of sp³-hybridized carbons (Fsp3) is 0.938. The van der Waals surface area contributed by atoms with Crippen molar-refractivity contribution in [3.8, 4) is 0 Å². The van der Waals surface area contributed by atoms with Crippen LogP contribution >= 0.6 is 0 Å². The van der Waals surface area contributed by atoms with E-state index in [0.717, 1.165) is 45.6 Å². The molecule has 0 aliphatic carbocycles.